The second kappa shape index (κ2) is 4.52. The first-order valence-electron chi connectivity index (χ1n) is 5.73. The van der Waals surface area contributed by atoms with Gasteiger partial charge in [-0.05, 0) is 32.9 Å². The van der Waals surface area contributed by atoms with Gasteiger partial charge < -0.3 is 10.1 Å². The molecule has 0 spiro atoms. The highest BCUT2D eigenvalue weighted by atomic mass is 19.1. The van der Waals surface area contributed by atoms with Crippen LogP contribution in [0.1, 0.15) is 31.4 Å². The van der Waals surface area contributed by atoms with Crippen LogP contribution in [0.15, 0.2) is 24.3 Å². The van der Waals surface area contributed by atoms with Gasteiger partial charge in [0.1, 0.15) is 5.82 Å². The van der Waals surface area contributed by atoms with E-state index in [0.29, 0.717) is 5.56 Å². The van der Waals surface area contributed by atoms with E-state index in [0.717, 1.165) is 19.4 Å². The molecule has 2 nitrogen and oxygen atoms in total. The van der Waals surface area contributed by atoms with Gasteiger partial charge in [-0.2, -0.15) is 0 Å². The van der Waals surface area contributed by atoms with Crippen molar-refractivity contribution in [2.24, 2.45) is 0 Å². The number of likely N-dealkylation sites (N-methyl/N-ethyl adjacent to an activating group) is 1. The second-order valence-corrected chi connectivity index (χ2v) is 4.51. The maximum atomic E-state index is 13.8. The highest BCUT2D eigenvalue weighted by Gasteiger charge is 2.39. The highest BCUT2D eigenvalue weighted by Crippen LogP contribution is 2.37. The molecule has 2 atom stereocenters. The molecule has 1 fully saturated rings. The summed E-state index contributed by atoms with van der Waals surface area (Å²) < 4.78 is 19.5. The summed E-state index contributed by atoms with van der Waals surface area (Å²) in [5, 5.41) is 3.18. The Morgan fingerprint density at radius 2 is 2.19 bits per heavy atom. The van der Waals surface area contributed by atoms with Crippen LogP contribution in [0.5, 0.6) is 0 Å². The molecule has 3 heteroatoms. The molecule has 2 rings (SSSR count). The molecule has 0 amide bonds. The Bertz CT molecular complexity index is 361. The molecule has 1 aliphatic rings. The molecule has 0 aliphatic carbocycles. The Balaban J connectivity index is 2.32. The lowest BCUT2D eigenvalue weighted by Gasteiger charge is -2.33. The third-order valence-electron chi connectivity index (χ3n) is 3.36. The van der Waals surface area contributed by atoms with Crippen molar-refractivity contribution in [1.29, 1.82) is 0 Å². The number of hydrogen-bond donors (Lipinski definition) is 1. The van der Waals surface area contributed by atoms with Crippen LogP contribution in [-0.4, -0.2) is 19.3 Å². The summed E-state index contributed by atoms with van der Waals surface area (Å²) in [5.41, 5.74) is 0.395. The summed E-state index contributed by atoms with van der Waals surface area (Å²) in [6, 6.07) is 6.81. The minimum absolute atomic E-state index is 0.0869. The van der Waals surface area contributed by atoms with Crippen molar-refractivity contribution in [3.63, 3.8) is 0 Å². The maximum absolute atomic E-state index is 13.8. The minimum Gasteiger partial charge on any atom is -0.373 e. The molecule has 1 N–H and O–H groups in total. The summed E-state index contributed by atoms with van der Waals surface area (Å²) in [4.78, 5) is 0. The smallest absolute Gasteiger partial charge is 0.128 e. The largest absolute Gasteiger partial charge is 0.373 e. The Hall–Kier alpha value is -0.930. The normalized spacial score (nSPS) is 26.9. The van der Waals surface area contributed by atoms with E-state index in [9.17, 15) is 4.39 Å². The van der Waals surface area contributed by atoms with Gasteiger partial charge in [-0.1, -0.05) is 18.2 Å². The number of hydrogen-bond acceptors (Lipinski definition) is 2. The van der Waals surface area contributed by atoms with Crippen LogP contribution >= 0.6 is 0 Å². The number of nitrogens with one attached hydrogen (secondary N) is 1. The molecule has 1 aromatic rings. The fraction of sp³-hybridized carbons (Fsp3) is 0.538. The first-order chi connectivity index (χ1) is 7.67. The first kappa shape index (κ1) is 11.6. The molecule has 0 aromatic heterocycles. The summed E-state index contributed by atoms with van der Waals surface area (Å²) >= 11 is 0. The maximum Gasteiger partial charge on any atom is 0.128 e. The van der Waals surface area contributed by atoms with Crippen molar-refractivity contribution in [2.75, 3.05) is 13.7 Å². The van der Waals surface area contributed by atoms with Crippen molar-refractivity contribution in [3.8, 4) is 0 Å². The molecule has 0 radical (unpaired) electrons. The monoisotopic (exact) mass is 223 g/mol. The highest BCUT2D eigenvalue weighted by molar-refractivity contribution is 5.24. The molecular formula is C13H18FNO. The van der Waals surface area contributed by atoms with Gasteiger partial charge in [-0.15, -0.1) is 0 Å². The molecule has 0 saturated carbocycles. The molecule has 2 unspecified atom stereocenters. The van der Waals surface area contributed by atoms with Crippen molar-refractivity contribution >= 4 is 0 Å². The number of rotatable bonds is 3. The van der Waals surface area contributed by atoms with Gasteiger partial charge in [-0.25, -0.2) is 4.39 Å². The van der Waals surface area contributed by atoms with E-state index in [-0.39, 0.29) is 17.5 Å². The first-order valence-corrected chi connectivity index (χ1v) is 5.73. The van der Waals surface area contributed by atoms with Gasteiger partial charge >= 0.3 is 0 Å². The van der Waals surface area contributed by atoms with Crippen LogP contribution in [0, 0.1) is 5.82 Å². The minimum atomic E-state index is -0.295. The lowest BCUT2D eigenvalue weighted by molar-refractivity contribution is -0.0113. The van der Waals surface area contributed by atoms with Crippen molar-refractivity contribution in [1.82, 2.24) is 5.32 Å². The van der Waals surface area contributed by atoms with Crippen LogP contribution in [0.4, 0.5) is 4.39 Å². The third-order valence-corrected chi connectivity index (χ3v) is 3.36. The third kappa shape index (κ3) is 1.97. The van der Waals surface area contributed by atoms with Crippen LogP contribution in [0.2, 0.25) is 0 Å². The Kier molecular flexibility index (Phi) is 3.26. The SMILES string of the molecule is CNC(c1ccccc1F)C1(C)CCCO1. The van der Waals surface area contributed by atoms with E-state index in [1.807, 2.05) is 26.1 Å². The standard InChI is InChI=1S/C13H18FNO/c1-13(8-5-9-16-13)12(15-2)10-6-3-4-7-11(10)14/h3-4,6-7,12,15H,5,8-9H2,1-2H3. The van der Waals surface area contributed by atoms with E-state index >= 15 is 0 Å². The Morgan fingerprint density at radius 1 is 1.44 bits per heavy atom. The molecule has 1 aromatic carbocycles. The van der Waals surface area contributed by atoms with Gasteiger partial charge in [-0.3, -0.25) is 0 Å². The zero-order valence-electron chi connectivity index (χ0n) is 9.79. The Morgan fingerprint density at radius 3 is 2.75 bits per heavy atom. The van der Waals surface area contributed by atoms with Gasteiger partial charge in [0.25, 0.3) is 0 Å². The van der Waals surface area contributed by atoms with E-state index < -0.39 is 0 Å². The van der Waals surface area contributed by atoms with E-state index in [1.165, 1.54) is 6.07 Å². The average Bonchev–Trinajstić information content (AvgIpc) is 2.70. The van der Waals surface area contributed by atoms with E-state index in [2.05, 4.69) is 5.32 Å². The zero-order chi connectivity index (χ0) is 11.6. The van der Waals surface area contributed by atoms with Gasteiger partial charge in [0, 0.05) is 12.2 Å². The van der Waals surface area contributed by atoms with Crippen LogP contribution in [0.25, 0.3) is 0 Å². The molecular weight excluding hydrogens is 205 g/mol. The fourth-order valence-corrected chi connectivity index (χ4v) is 2.53. The second-order valence-electron chi connectivity index (χ2n) is 4.51. The quantitative estimate of drug-likeness (QED) is 0.850. The van der Waals surface area contributed by atoms with Crippen LogP contribution < -0.4 is 5.32 Å². The van der Waals surface area contributed by atoms with Gasteiger partial charge in [0.05, 0.1) is 11.6 Å². The molecule has 16 heavy (non-hydrogen) atoms. The van der Waals surface area contributed by atoms with E-state index in [4.69, 9.17) is 4.74 Å². The summed E-state index contributed by atoms with van der Waals surface area (Å²) in [7, 11) is 1.85. The van der Waals surface area contributed by atoms with Crippen LogP contribution in [0.3, 0.4) is 0 Å². The number of ether oxygens (including phenoxy) is 1. The molecule has 88 valence electrons. The molecule has 0 bridgehead atoms. The van der Waals surface area contributed by atoms with Crippen molar-refractivity contribution in [3.05, 3.63) is 35.6 Å². The van der Waals surface area contributed by atoms with Gasteiger partial charge in [0.15, 0.2) is 0 Å². The molecule has 1 aliphatic heterocycles. The molecule has 1 saturated heterocycles. The lowest BCUT2D eigenvalue weighted by Crippen LogP contribution is -2.40. The lowest BCUT2D eigenvalue weighted by atomic mass is 9.87. The summed E-state index contributed by atoms with van der Waals surface area (Å²) in [6.45, 7) is 2.82. The number of halogens is 1. The topological polar surface area (TPSA) is 21.3 Å². The average molecular weight is 223 g/mol. The molecule has 1 heterocycles. The van der Waals surface area contributed by atoms with Crippen LogP contribution in [-0.2, 0) is 4.74 Å². The van der Waals surface area contributed by atoms with Crippen molar-refractivity contribution in [2.45, 2.75) is 31.4 Å². The number of benzene rings is 1. The zero-order valence-corrected chi connectivity index (χ0v) is 9.79. The predicted octanol–water partition coefficient (Wildman–Crippen LogP) is 2.66. The Labute approximate surface area is 95.8 Å². The van der Waals surface area contributed by atoms with Gasteiger partial charge in [0.2, 0.25) is 0 Å². The van der Waals surface area contributed by atoms with E-state index in [1.54, 1.807) is 6.07 Å². The fourth-order valence-electron chi connectivity index (χ4n) is 2.53. The predicted molar refractivity (Wildman–Crippen MR) is 61.8 cm³/mol. The summed E-state index contributed by atoms with van der Waals surface area (Å²) in [5.74, 6) is -0.168. The summed E-state index contributed by atoms with van der Waals surface area (Å²) in [6.07, 6.45) is 2.01. The van der Waals surface area contributed by atoms with Crippen molar-refractivity contribution < 1.29 is 9.13 Å².